The fourth-order valence-corrected chi connectivity index (χ4v) is 3.85. The van der Waals surface area contributed by atoms with E-state index in [0.717, 1.165) is 23.6 Å². The lowest BCUT2D eigenvalue weighted by Crippen LogP contribution is -2.39. The van der Waals surface area contributed by atoms with Gasteiger partial charge in [-0.1, -0.05) is 23.5 Å². The highest BCUT2D eigenvalue weighted by atomic mass is 32.1. The zero-order valence-corrected chi connectivity index (χ0v) is 17.7. The summed E-state index contributed by atoms with van der Waals surface area (Å²) in [4.78, 5) is 33.9. The van der Waals surface area contributed by atoms with Gasteiger partial charge in [0.05, 0.1) is 0 Å². The molecule has 2 heterocycles. The highest BCUT2D eigenvalue weighted by Gasteiger charge is 2.27. The van der Waals surface area contributed by atoms with Gasteiger partial charge in [-0.25, -0.2) is 18.7 Å². The molecule has 1 atom stereocenters. The minimum absolute atomic E-state index is 0.000184. The Morgan fingerprint density at radius 2 is 1.76 bits per heavy atom. The van der Waals surface area contributed by atoms with E-state index in [1.165, 1.54) is 42.2 Å². The van der Waals surface area contributed by atoms with Crippen molar-refractivity contribution in [2.75, 3.05) is 10.6 Å². The van der Waals surface area contributed by atoms with Crippen LogP contribution in [-0.4, -0.2) is 34.3 Å². The van der Waals surface area contributed by atoms with Gasteiger partial charge in [-0.05, 0) is 25.1 Å². The first-order chi connectivity index (χ1) is 15.6. The summed E-state index contributed by atoms with van der Waals surface area (Å²) in [6, 6.07) is 6.50. The molecule has 0 radical (unpaired) electrons. The van der Waals surface area contributed by atoms with Crippen LogP contribution >= 0.6 is 11.3 Å². The molecule has 8 nitrogen and oxygen atoms in total. The van der Waals surface area contributed by atoms with Crippen LogP contribution in [0.4, 0.5) is 34.2 Å². The summed E-state index contributed by atoms with van der Waals surface area (Å²) in [5.41, 5.74) is 11.5. The lowest BCUT2D eigenvalue weighted by Gasteiger charge is -2.26. The monoisotopic (exact) mass is 483 g/mol. The number of primary amides is 1. The molecule has 0 fully saturated rings. The summed E-state index contributed by atoms with van der Waals surface area (Å²) in [6.07, 6.45) is -1.63. The SMILES string of the molecule is CC(C(N)=O)N(c1ccc(C(F)F)cc1)c1nc(N)c(C(=O)c2ccc(OC(F)F)nc2)s1. The van der Waals surface area contributed by atoms with Gasteiger partial charge in [0.1, 0.15) is 16.7 Å². The number of halogens is 4. The quantitative estimate of drug-likeness (QED) is 0.349. The number of alkyl halides is 4. The van der Waals surface area contributed by atoms with E-state index in [1.54, 1.807) is 0 Å². The number of anilines is 3. The number of nitrogens with zero attached hydrogens (tertiary/aromatic N) is 3. The van der Waals surface area contributed by atoms with Crippen molar-refractivity contribution in [3.05, 3.63) is 58.6 Å². The van der Waals surface area contributed by atoms with Crippen LogP contribution in [0.5, 0.6) is 5.88 Å². The third-order valence-corrected chi connectivity index (χ3v) is 5.55. The summed E-state index contributed by atoms with van der Waals surface area (Å²) < 4.78 is 54.5. The number of ketones is 1. The summed E-state index contributed by atoms with van der Waals surface area (Å²) in [7, 11) is 0. The number of ether oxygens (including phenoxy) is 1. The van der Waals surface area contributed by atoms with Gasteiger partial charge in [0.15, 0.2) is 5.13 Å². The van der Waals surface area contributed by atoms with Gasteiger partial charge in [-0.2, -0.15) is 8.78 Å². The van der Waals surface area contributed by atoms with Crippen molar-refractivity contribution in [1.29, 1.82) is 0 Å². The second-order valence-corrected chi connectivity index (χ2v) is 7.62. The molecular formula is C20H17F4N5O3S. The topological polar surface area (TPSA) is 124 Å². The van der Waals surface area contributed by atoms with Crippen LogP contribution in [0.2, 0.25) is 0 Å². The van der Waals surface area contributed by atoms with Gasteiger partial charge in [0.25, 0.3) is 6.43 Å². The van der Waals surface area contributed by atoms with Crippen LogP contribution in [0.1, 0.15) is 34.1 Å². The summed E-state index contributed by atoms with van der Waals surface area (Å²) in [5, 5.41) is 0.123. The van der Waals surface area contributed by atoms with Crippen molar-refractivity contribution in [2.24, 2.45) is 5.73 Å². The van der Waals surface area contributed by atoms with Crippen molar-refractivity contribution in [3.8, 4) is 5.88 Å². The van der Waals surface area contributed by atoms with Crippen molar-refractivity contribution in [1.82, 2.24) is 9.97 Å². The van der Waals surface area contributed by atoms with E-state index >= 15 is 0 Å². The molecule has 13 heteroatoms. The van der Waals surface area contributed by atoms with Crippen molar-refractivity contribution >= 4 is 39.7 Å². The summed E-state index contributed by atoms with van der Waals surface area (Å²) >= 11 is 0.842. The second-order valence-electron chi connectivity index (χ2n) is 6.64. The Hall–Kier alpha value is -3.74. The molecule has 1 amide bonds. The molecule has 0 saturated heterocycles. The third-order valence-electron chi connectivity index (χ3n) is 4.49. The summed E-state index contributed by atoms with van der Waals surface area (Å²) in [6.45, 7) is -1.58. The van der Waals surface area contributed by atoms with Gasteiger partial charge in [-0.15, -0.1) is 0 Å². The van der Waals surface area contributed by atoms with E-state index in [2.05, 4.69) is 14.7 Å². The maximum atomic E-state index is 12.9. The number of thiazole rings is 1. The van der Waals surface area contributed by atoms with Crippen LogP contribution in [0.15, 0.2) is 42.6 Å². The molecule has 0 spiro atoms. The molecular weight excluding hydrogens is 466 g/mol. The first kappa shape index (κ1) is 23.9. The molecule has 3 rings (SSSR count). The smallest absolute Gasteiger partial charge is 0.388 e. The molecule has 0 aliphatic heterocycles. The van der Waals surface area contributed by atoms with Gasteiger partial charge in [0.2, 0.25) is 17.6 Å². The molecule has 0 bridgehead atoms. The molecule has 33 heavy (non-hydrogen) atoms. The molecule has 0 saturated carbocycles. The number of nitrogens with two attached hydrogens (primary N) is 2. The number of hydrogen-bond donors (Lipinski definition) is 2. The Morgan fingerprint density at radius 1 is 1.09 bits per heavy atom. The summed E-state index contributed by atoms with van der Waals surface area (Å²) in [5.74, 6) is -1.84. The molecule has 1 aromatic carbocycles. The normalized spacial score (nSPS) is 12.1. The number of nitrogen functional groups attached to an aromatic ring is 1. The van der Waals surface area contributed by atoms with E-state index in [-0.39, 0.29) is 32.8 Å². The average molecular weight is 483 g/mol. The number of pyridine rings is 1. The number of carbonyl (C=O) groups excluding carboxylic acids is 2. The zero-order chi connectivity index (χ0) is 24.3. The highest BCUT2D eigenvalue weighted by Crippen LogP contribution is 2.36. The third kappa shape index (κ3) is 5.37. The van der Waals surface area contributed by atoms with Gasteiger partial charge in [0, 0.05) is 29.1 Å². The standard InChI is InChI=1S/C20H17F4N5O3S/c1-9(18(26)31)29(12-5-2-10(3-6-12)16(21)22)20-28-17(25)15(33-20)14(30)11-4-7-13(27-8-11)32-19(23)24/h2-9,16,19H,25H2,1H3,(H2,26,31). The van der Waals surface area contributed by atoms with Crippen molar-refractivity contribution < 1.29 is 31.9 Å². The highest BCUT2D eigenvalue weighted by molar-refractivity contribution is 7.18. The average Bonchev–Trinajstić information content (AvgIpc) is 3.14. The molecule has 0 aliphatic rings. The Balaban J connectivity index is 1.95. The molecule has 174 valence electrons. The van der Waals surface area contributed by atoms with Gasteiger partial charge < -0.3 is 21.1 Å². The largest absolute Gasteiger partial charge is 0.417 e. The Labute approximate surface area is 188 Å². The second kappa shape index (κ2) is 9.81. The maximum Gasteiger partial charge on any atom is 0.388 e. The van der Waals surface area contributed by atoms with Crippen LogP contribution in [-0.2, 0) is 4.79 Å². The maximum absolute atomic E-state index is 12.9. The molecule has 1 unspecified atom stereocenters. The van der Waals surface area contributed by atoms with E-state index in [9.17, 15) is 27.2 Å². The molecule has 3 aromatic rings. The Bertz CT molecular complexity index is 1140. The fourth-order valence-electron chi connectivity index (χ4n) is 2.80. The molecule has 4 N–H and O–H groups in total. The van der Waals surface area contributed by atoms with Gasteiger partial charge >= 0.3 is 6.61 Å². The predicted molar refractivity (Wildman–Crippen MR) is 113 cm³/mol. The minimum Gasteiger partial charge on any atom is -0.417 e. The number of benzene rings is 1. The van der Waals surface area contributed by atoms with Crippen LogP contribution in [0.3, 0.4) is 0 Å². The zero-order valence-electron chi connectivity index (χ0n) is 16.9. The number of rotatable bonds is 9. The van der Waals surface area contributed by atoms with Crippen molar-refractivity contribution in [2.45, 2.75) is 26.0 Å². The lowest BCUT2D eigenvalue weighted by molar-refractivity contribution is -0.118. The molecule has 2 aromatic heterocycles. The van der Waals surface area contributed by atoms with Crippen molar-refractivity contribution in [3.63, 3.8) is 0 Å². The molecule has 0 aliphatic carbocycles. The Kier molecular flexibility index (Phi) is 7.11. The Morgan fingerprint density at radius 3 is 2.27 bits per heavy atom. The fraction of sp³-hybridized carbons (Fsp3) is 0.200. The van der Waals surface area contributed by atoms with E-state index in [4.69, 9.17) is 11.5 Å². The number of hydrogen-bond acceptors (Lipinski definition) is 8. The van der Waals surface area contributed by atoms with E-state index in [0.29, 0.717) is 5.69 Å². The minimum atomic E-state index is -3.06. The van der Waals surface area contributed by atoms with E-state index < -0.39 is 30.8 Å². The first-order valence-electron chi connectivity index (χ1n) is 9.27. The van der Waals surface area contributed by atoms with Crippen LogP contribution in [0.25, 0.3) is 0 Å². The van der Waals surface area contributed by atoms with Gasteiger partial charge in [-0.3, -0.25) is 9.59 Å². The van der Waals surface area contributed by atoms with E-state index in [1.807, 2.05) is 0 Å². The first-order valence-corrected chi connectivity index (χ1v) is 10.1. The number of amides is 1. The van der Waals surface area contributed by atoms with Crippen LogP contribution in [0, 0.1) is 0 Å². The van der Waals surface area contributed by atoms with Crippen LogP contribution < -0.4 is 21.1 Å². The predicted octanol–water partition coefficient (Wildman–Crippen LogP) is 3.90. The lowest BCUT2D eigenvalue weighted by atomic mass is 10.1. The number of carbonyl (C=O) groups is 2. The number of aromatic nitrogens is 2.